The lowest BCUT2D eigenvalue weighted by Gasteiger charge is -2.17. The highest BCUT2D eigenvalue weighted by atomic mass is 35.5. The molecule has 0 fully saturated rings. The molecule has 0 unspecified atom stereocenters. The van der Waals surface area contributed by atoms with Crippen molar-refractivity contribution in [2.45, 2.75) is 13.3 Å². The molecule has 12 nitrogen and oxygen atoms in total. The highest BCUT2D eigenvalue weighted by Crippen LogP contribution is 2.31. The number of anilines is 1. The number of rotatable bonds is 13. The molecule has 0 saturated carbocycles. The summed E-state index contributed by atoms with van der Waals surface area (Å²) in [6.07, 6.45) is 13.9. The zero-order valence-electron chi connectivity index (χ0n) is 23.5. The first-order chi connectivity index (χ1) is 20.0. The van der Waals surface area contributed by atoms with Crippen molar-refractivity contribution in [2.24, 2.45) is 10.8 Å². The lowest BCUT2D eigenvalue weighted by atomic mass is 10.2. The number of sulfone groups is 1. The topological polar surface area (TPSA) is 166 Å². The zero-order valence-corrected chi connectivity index (χ0v) is 25.1. The van der Waals surface area contributed by atoms with E-state index in [1.54, 1.807) is 67.9 Å². The second kappa shape index (κ2) is 18.1. The van der Waals surface area contributed by atoms with Gasteiger partial charge in [0.25, 0.3) is 0 Å². The Balaban J connectivity index is 0.00000114. The van der Waals surface area contributed by atoms with Crippen LogP contribution in [-0.2, 0) is 14.6 Å². The summed E-state index contributed by atoms with van der Waals surface area (Å²) in [4.78, 5) is 26.8. The van der Waals surface area contributed by atoms with E-state index in [4.69, 9.17) is 26.2 Å². The molecule has 226 valence electrons. The van der Waals surface area contributed by atoms with Gasteiger partial charge >= 0.3 is 5.97 Å². The van der Waals surface area contributed by atoms with Crippen LogP contribution in [0.4, 0.5) is 5.69 Å². The van der Waals surface area contributed by atoms with Gasteiger partial charge in [0.15, 0.2) is 17.8 Å². The van der Waals surface area contributed by atoms with Crippen molar-refractivity contribution < 1.29 is 32.6 Å². The smallest absolute Gasteiger partial charge is 0.317 e. The van der Waals surface area contributed by atoms with E-state index in [0.717, 1.165) is 17.5 Å². The minimum Gasteiger partial charge on any atom is -0.493 e. The van der Waals surface area contributed by atoms with Crippen molar-refractivity contribution in [1.29, 1.82) is 0 Å². The van der Waals surface area contributed by atoms with Crippen LogP contribution in [-0.4, -0.2) is 80.6 Å². The van der Waals surface area contributed by atoms with Crippen molar-refractivity contribution in [1.82, 2.24) is 9.66 Å². The van der Waals surface area contributed by atoms with Gasteiger partial charge in [0.2, 0.25) is 0 Å². The summed E-state index contributed by atoms with van der Waals surface area (Å²) in [5.74, 6) is 0.261. The Labute approximate surface area is 250 Å². The van der Waals surface area contributed by atoms with Gasteiger partial charge in [-0.2, -0.15) is 5.10 Å². The fourth-order valence-corrected chi connectivity index (χ4v) is 4.10. The molecule has 0 bridgehead atoms. The number of nitrogens with zero attached hydrogens (tertiary/aromatic N) is 4. The average Bonchev–Trinajstić information content (AvgIpc) is 3.43. The number of carbonyl (C=O) groups excluding carboxylic acids is 1. The number of aromatic nitrogens is 2. The van der Waals surface area contributed by atoms with Gasteiger partial charge in [-0.15, -0.1) is 12.8 Å². The zero-order chi connectivity index (χ0) is 31.7. The first-order valence-corrected chi connectivity index (χ1v) is 14.6. The Morgan fingerprint density at radius 3 is 2.48 bits per heavy atom. The van der Waals surface area contributed by atoms with Crippen LogP contribution in [0.1, 0.15) is 23.8 Å². The summed E-state index contributed by atoms with van der Waals surface area (Å²) in [7, 11) is 0.314. The number of methoxy groups -OCH3 is 1. The number of carboxylic acid groups (broad SMARTS) is 1. The number of aldehydes is 1. The molecule has 3 N–H and O–H groups in total. The summed E-state index contributed by atoms with van der Waals surface area (Å²) in [6.45, 7) is 1.61. The van der Waals surface area contributed by atoms with Gasteiger partial charge in [-0.05, 0) is 36.8 Å². The first-order valence-electron chi connectivity index (χ1n) is 12.4. The SMILES string of the molecule is C#C.CCS(=O)(=O)CCCOc1ccc(N(C)/C=N\n2cc(-c3ccc(Cl)cn3)cc2C=O)cc1OC.NCC(=O)O. The molecule has 2 heterocycles. The second-order valence-electron chi connectivity index (χ2n) is 8.19. The Morgan fingerprint density at radius 1 is 1.24 bits per heavy atom. The summed E-state index contributed by atoms with van der Waals surface area (Å²) >= 11 is 5.90. The number of nitrogens with two attached hydrogens (primary N) is 1. The van der Waals surface area contributed by atoms with Crippen LogP contribution in [0.2, 0.25) is 5.02 Å². The molecule has 0 aliphatic carbocycles. The molecule has 3 rings (SSSR count). The van der Waals surface area contributed by atoms with E-state index >= 15 is 0 Å². The number of pyridine rings is 1. The number of hydrogen-bond donors (Lipinski definition) is 2. The van der Waals surface area contributed by atoms with Crippen LogP contribution in [0.5, 0.6) is 11.5 Å². The number of aliphatic carboxylic acids is 1. The molecule has 14 heteroatoms. The largest absolute Gasteiger partial charge is 0.493 e. The van der Waals surface area contributed by atoms with E-state index in [1.165, 1.54) is 11.8 Å². The van der Waals surface area contributed by atoms with Crippen LogP contribution < -0.4 is 20.1 Å². The molecule has 42 heavy (non-hydrogen) atoms. The van der Waals surface area contributed by atoms with Gasteiger partial charge in [-0.3, -0.25) is 14.6 Å². The summed E-state index contributed by atoms with van der Waals surface area (Å²) in [5, 5.41) is 12.5. The maximum atomic E-state index is 11.6. The lowest BCUT2D eigenvalue weighted by Crippen LogP contribution is -2.15. The minimum atomic E-state index is -3.02. The van der Waals surface area contributed by atoms with E-state index in [2.05, 4.69) is 28.7 Å². The van der Waals surface area contributed by atoms with E-state index in [1.807, 2.05) is 6.07 Å². The summed E-state index contributed by atoms with van der Waals surface area (Å²) < 4.78 is 35.8. The van der Waals surface area contributed by atoms with Gasteiger partial charge in [-0.1, -0.05) is 18.5 Å². The lowest BCUT2D eigenvalue weighted by molar-refractivity contribution is -0.135. The van der Waals surface area contributed by atoms with Gasteiger partial charge in [0.05, 0.1) is 36.7 Å². The summed E-state index contributed by atoms with van der Waals surface area (Å²) in [5.41, 5.74) is 7.12. The number of ether oxygens (including phenoxy) is 2. The van der Waals surface area contributed by atoms with Crippen molar-refractivity contribution in [3.05, 3.63) is 59.5 Å². The Bertz CT molecular complexity index is 1460. The third-order valence-corrected chi connectivity index (χ3v) is 7.36. The maximum absolute atomic E-state index is 11.6. The normalized spacial score (nSPS) is 10.5. The van der Waals surface area contributed by atoms with Crippen molar-refractivity contribution in [2.75, 3.05) is 43.7 Å². The van der Waals surface area contributed by atoms with Gasteiger partial charge in [-0.25, -0.2) is 13.1 Å². The molecule has 1 aromatic carbocycles. The van der Waals surface area contributed by atoms with Crippen LogP contribution in [0.15, 0.2) is 53.9 Å². The number of halogens is 1. The number of carboxylic acids is 1. The monoisotopic (exact) mass is 619 g/mol. The number of benzene rings is 1. The van der Waals surface area contributed by atoms with Crippen LogP contribution >= 0.6 is 11.6 Å². The summed E-state index contributed by atoms with van der Waals surface area (Å²) in [6, 6.07) is 10.6. The number of carbonyl (C=O) groups is 2. The van der Waals surface area contributed by atoms with E-state index in [0.29, 0.717) is 34.3 Å². The third-order valence-electron chi connectivity index (χ3n) is 5.35. The minimum absolute atomic E-state index is 0.0844. The highest BCUT2D eigenvalue weighted by Gasteiger charge is 2.11. The van der Waals surface area contributed by atoms with Gasteiger partial charge < -0.3 is 25.2 Å². The van der Waals surface area contributed by atoms with E-state index in [9.17, 15) is 18.0 Å². The molecule has 0 amide bonds. The molecule has 2 aromatic heterocycles. The number of terminal acetylenes is 1. The molecule has 0 spiro atoms. The van der Waals surface area contributed by atoms with E-state index in [-0.39, 0.29) is 24.7 Å². The Kier molecular flexibility index (Phi) is 15.4. The van der Waals surface area contributed by atoms with Crippen LogP contribution in [0, 0.1) is 12.8 Å². The van der Waals surface area contributed by atoms with Gasteiger partial charge in [0.1, 0.15) is 21.9 Å². The average molecular weight is 620 g/mol. The third kappa shape index (κ3) is 11.6. The fraction of sp³-hybridized carbons (Fsp3) is 0.286. The second-order valence-corrected chi connectivity index (χ2v) is 11.1. The van der Waals surface area contributed by atoms with Crippen molar-refractivity contribution in [3.8, 4) is 35.6 Å². The van der Waals surface area contributed by atoms with Crippen molar-refractivity contribution in [3.63, 3.8) is 0 Å². The van der Waals surface area contributed by atoms with Crippen LogP contribution in [0.25, 0.3) is 11.3 Å². The predicted molar refractivity (Wildman–Crippen MR) is 164 cm³/mol. The predicted octanol–water partition coefficient (Wildman–Crippen LogP) is 3.44. The maximum Gasteiger partial charge on any atom is 0.317 e. The standard InChI is InChI=1S/C24H27ClN4O5S.C2H5NO2.C2H2/c1-4-35(31,32)11-5-10-34-23-9-7-20(13-24(23)33-3)28(2)17-27-29-15-18(12-21(29)16-30)22-8-6-19(25)14-26-22;3-1-2(4)5;1-2/h6-9,12-17H,4-5,10-11H2,1-3H3;1,3H2,(H,4,5);1-2H/b27-17-;;. The molecule has 0 aliphatic heterocycles. The molecular weight excluding hydrogens is 586 g/mol. The molecule has 3 aromatic rings. The number of hydrogen-bond acceptors (Lipinski definition) is 9. The molecule has 0 aliphatic rings. The quantitative estimate of drug-likeness (QED) is 0.0951. The van der Waals surface area contributed by atoms with Crippen LogP contribution in [0.3, 0.4) is 0 Å². The Hall–Kier alpha value is -4.38. The van der Waals surface area contributed by atoms with E-state index < -0.39 is 15.8 Å². The molecule has 0 atom stereocenters. The Morgan fingerprint density at radius 2 is 1.93 bits per heavy atom. The van der Waals surface area contributed by atoms with Gasteiger partial charge in [0, 0.05) is 42.5 Å². The highest BCUT2D eigenvalue weighted by molar-refractivity contribution is 7.91. The molecule has 0 saturated heterocycles. The fourth-order valence-electron chi connectivity index (χ4n) is 3.14. The molecular formula is C28H34ClN5O7S. The first kappa shape index (κ1) is 35.6. The molecule has 0 radical (unpaired) electrons. The van der Waals surface area contributed by atoms with Crippen molar-refractivity contribution >= 4 is 45.7 Å².